The van der Waals surface area contributed by atoms with Crippen LogP contribution in [0.15, 0.2) is 12.3 Å². The highest BCUT2D eigenvalue weighted by Crippen LogP contribution is 2.36. The van der Waals surface area contributed by atoms with Crippen molar-refractivity contribution in [2.75, 3.05) is 14.2 Å². The van der Waals surface area contributed by atoms with Crippen LogP contribution >= 0.6 is 11.8 Å². The first kappa shape index (κ1) is 16.6. The smallest absolute Gasteiger partial charge is 0.321 e. The highest BCUT2D eigenvalue weighted by molar-refractivity contribution is 7.99. The lowest BCUT2D eigenvalue weighted by molar-refractivity contribution is -0.139. The lowest BCUT2D eigenvalue weighted by Gasteiger charge is -2.28. The predicted octanol–water partition coefficient (Wildman–Crippen LogP) is 1.52. The van der Waals surface area contributed by atoms with Gasteiger partial charge in [0.15, 0.2) is 11.5 Å². The summed E-state index contributed by atoms with van der Waals surface area (Å²) in [5.74, 6) is 0.614. The van der Waals surface area contributed by atoms with Gasteiger partial charge in [-0.25, -0.2) is 0 Å². The number of hydrogen-bond donors (Lipinski definition) is 2. The lowest BCUT2D eigenvalue weighted by Crippen LogP contribution is -2.46. The molecule has 112 valence electrons. The molecule has 6 nitrogen and oxygen atoms in total. The molecule has 3 N–H and O–H groups in total. The Labute approximate surface area is 122 Å². The van der Waals surface area contributed by atoms with Crippen molar-refractivity contribution < 1.29 is 19.4 Å². The van der Waals surface area contributed by atoms with Crippen LogP contribution in [0.4, 0.5) is 0 Å². The van der Waals surface area contributed by atoms with Gasteiger partial charge < -0.3 is 20.3 Å². The fraction of sp³-hybridized carbons (Fsp3) is 0.538. The van der Waals surface area contributed by atoms with Crippen LogP contribution in [0.3, 0.4) is 0 Å². The van der Waals surface area contributed by atoms with Crippen LogP contribution in [-0.2, 0) is 10.5 Å². The Kier molecular flexibility index (Phi) is 5.64. The molecule has 0 amide bonds. The summed E-state index contributed by atoms with van der Waals surface area (Å²) < 4.78 is 9.87. The van der Waals surface area contributed by atoms with Gasteiger partial charge in [0, 0.05) is 22.8 Å². The molecule has 1 aromatic heterocycles. The number of carboxylic acids is 1. The van der Waals surface area contributed by atoms with Crippen molar-refractivity contribution >= 4 is 17.7 Å². The number of pyridine rings is 1. The molecule has 0 aromatic carbocycles. The second-order valence-electron chi connectivity index (χ2n) is 4.70. The van der Waals surface area contributed by atoms with E-state index >= 15 is 0 Å². The van der Waals surface area contributed by atoms with Crippen LogP contribution in [0.25, 0.3) is 0 Å². The Hall–Kier alpha value is -1.47. The van der Waals surface area contributed by atoms with Crippen molar-refractivity contribution in [3.63, 3.8) is 0 Å². The number of ether oxygens (including phenoxy) is 2. The van der Waals surface area contributed by atoms with Gasteiger partial charge in [-0.15, -0.1) is 11.8 Å². The summed E-state index contributed by atoms with van der Waals surface area (Å²) in [6, 6.07) is 0.755. The molecule has 1 heterocycles. The van der Waals surface area contributed by atoms with Gasteiger partial charge in [0.1, 0.15) is 6.04 Å². The number of nitrogens with zero attached hydrogens (tertiary/aromatic N) is 1. The van der Waals surface area contributed by atoms with Crippen LogP contribution < -0.4 is 15.2 Å². The maximum atomic E-state index is 11.0. The Morgan fingerprint density at radius 2 is 2.15 bits per heavy atom. The zero-order valence-electron chi connectivity index (χ0n) is 12.0. The minimum absolute atomic E-state index is 0.481. The molecule has 0 saturated heterocycles. The molecule has 7 heteroatoms. The number of nitrogens with two attached hydrogens (primary N) is 1. The number of aromatic nitrogens is 1. The quantitative estimate of drug-likeness (QED) is 0.788. The fourth-order valence-corrected chi connectivity index (χ4v) is 2.59. The van der Waals surface area contributed by atoms with Crippen molar-refractivity contribution in [3.05, 3.63) is 18.0 Å². The van der Waals surface area contributed by atoms with E-state index in [0.717, 1.165) is 0 Å². The number of methoxy groups -OCH3 is 2. The van der Waals surface area contributed by atoms with E-state index in [1.165, 1.54) is 11.8 Å². The van der Waals surface area contributed by atoms with Gasteiger partial charge in [-0.3, -0.25) is 9.78 Å². The molecule has 0 aliphatic rings. The maximum absolute atomic E-state index is 11.0. The molecule has 0 radical (unpaired) electrons. The SMILES string of the molecule is COc1ccnc(CSC(C)(C)[C@H](N)C(=O)O)c1OC. The second kappa shape index (κ2) is 6.81. The van der Waals surface area contributed by atoms with E-state index in [4.69, 9.17) is 20.3 Å². The minimum Gasteiger partial charge on any atom is -0.493 e. The zero-order chi connectivity index (χ0) is 15.3. The highest BCUT2D eigenvalue weighted by atomic mass is 32.2. The summed E-state index contributed by atoms with van der Waals surface area (Å²) in [5, 5.41) is 9.00. The largest absolute Gasteiger partial charge is 0.493 e. The van der Waals surface area contributed by atoms with Crippen LogP contribution in [-0.4, -0.2) is 41.1 Å². The van der Waals surface area contributed by atoms with E-state index in [9.17, 15) is 4.79 Å². The number of rotatable bonds is 7. The topological polar surface area (TPSA) is 94.7 Å². The summed E-state index contributed by atoms with van der Waals surface area (Å²) in [5.41, 5.74) is 6.39. The first-order valence-corrected chi connectivity index (χ1v) is 7.00. The predicted molar refractivity (Wildman–Crippen MR) is 78.3 cm³/mol. The number of hydrogen-bond acceptors (Lipinski definition) is 6. The Morgan fingerprint density at radius 1 is 1.50 bits per heavy atom. The summed E-state index contributed by atoms with van der Waals surface area (Å²) in [6.07, 6.45) is 1.63. The molecule has 20 heavy (non-hydrogen) atoms. The van der Waals surface area contributed by atoms with Crippen molar-refractivity contribution in [1.29, 1.82) is 0 Å². The van der Waals surface area contributed by atoms with E-state index < -0.39 is 16.8 Å². The molecule has 0 aliphatic heterocycles. The molecule has 0 fully saturated rings. The zero-order valence-corrected chi connectivity index (χ0v) is 12.9. The van der Waals surface area contributed by atoms with Crippen molar-refractivity contribution in [2.24, 2.45) is 5.73 Å². The monoisotopic (exact) mass is 300 g/mol. The summed E-state index contributed by atoms with van der Waals surface area (Å²) in [4.78, 5) is 15.2. The highest BCUT2D eigenvalue weighted by Gasteiger charge is 2.33. The first-order chi connectivity index (χ1) is 9.33. The van der Waals surface area contributed by atoms with E-state index in [1.807, 2.05) is 0 Å². The Bertz CT molecular complexity index is 479. The van der Waals surface area contributed by atoms with E-state index in [0.29, 0.717) is 22.9 Å². The maximum Gasteiger partial charge on any atom is 0.321 e. The summed E-state index contributed by atoms with van der Waals surface area (Å²) >= 11 is 1.41. The molecular weight excluding hydrogens is 280 g/mol. The number of aliphatic carboxylic acids is 1. The molecule has 0 bridgehead atoms. The van der Waals surface area contributed by atoms with Gasteiger partial charge >= 0.3 is 5.97 Å². The summed E-state index contributed by atoms with van der Waals surface area (Å²) in [7, 11) is 3.10. The Balaban J connectivity index is 2.87. The fourth-order valence-electron chi connectivity index (χ4n) is 1.59. The van der Waals surface area contributed by atoms with E-state index in [1.54, 1.807) is 40.3 Å². The molecule has 0 aliphatic carbocycles. The van der Waals surface area contributed by atoms with Crippen molar-refractivity contribution in [2.45, 2.75) is 30.4 Å². The molecule has 1 atom stereocenters. The van der Waals surface area contributed by atoms with Crippen LogP contribution in [0, 0.1) is 0 Å². The normalized spacial score (nSPS) is 12.8. The lowest BCUT2D eigenvalue weighted by atomic mass is 10.1. The molecule has 0 unspecified atom stereocenters. The third-order valence-corrected chi connectivity index (χ3v) is 4.38. The third kappa shape index (κ3) is 3.77. The van der Waals surface area contributed by atoms with Crippen molar-refractivity contribution in [1.82, 2.24) is 4.98 Å². The van der Waals surface area contributed by atoms with Gasteiger partial charge in [-0.2, -0.15) is 0 Å². The second-order valence-corrected chi connectivity index (χ2v) is 6.33. The molecule has 0 saturated carbocycles. The number of carboxylic acid groups (broad SMARTS) is 1. The average molecular weight is 300 g/mol. The molecule has 1 rings (SSSR count). The van der Waals surface area contributed by atoms with E-state index in [2.05, 4.69) is 4.98 Å². The van der Waals surface area contributed by atoms with Crippen molar-refractivity contribution in [3.8, 4) is 11.5 Å². The number of carbonyl (C=O) groups is 1. The standard InChI is InChI=1S/C13H20N2O4S/c1-13(2,11(14)12(16)17)20-7-8-10(19-4)9(18-3)5-6-15-8/h5-6,11H,7,14H2,1-4H3,(H,16,17)/t11-/m1/s1. The van der Waals surface area contributed by atoms with Gasteiger partial charge in [-0.05, 0) is 13.8 Å². The summed E-state index contributed by atoms with van der Waals surface area (Å²) in [6.45, 7) is 3.59. The first-order valence-electron chi connectivity index (χ1n) is 6.01. The molecular formula is C13H20N2O4S. The minimum atomic E-state index is -1.02. The average Bonchev–Trinajstić information content (AvgIpc) is 2.43. The van der Waals surface area contributed by atoms with Gasteiger partial charge in [0.2, 0.25) is 0 Å². The van der Waals surface area contributed by atoms with Crippen LogP contribution in [0.5, 0.6) is 11.5 Å². The number of thioether (sulfide) groups is 1. The Morgan fingerprint density at radius 3 is 2.65 bits per heavy atom. The van der Waals surface area contributed by atoms with Crippen LogP contribution in [0.2, 0.25) is 0 Å². The van der Waals surface area contributed by atoms with Gasteiger partial charge in [0.25, 0.3) is 0 Å². The van der Waals surface area contributed by atoms with Gasteiger partial charge in [0.05, 0.1) is 19.9 Å². The van der Waals surface area contributed by atoms with Gasteiger partial charge in [-0.1, -0.05) is 0 Å². The third-order valence-electron chi connectivity index (χ3n) is 2.96. The molecule has 0 spiro atoms. The van der Waals surface area contributed by atoms with E-state index in [-0.39, 0.29) is 0 Å². The van der Waals surface area contributed by atoms with Crippen LogP contribution in [0.1, 0.15) is 19.5 Å². The molecule has 1 aromatic rings.